The standard InChI is InChI=1S/C19H21N5O2/c1-23-12-17(11-21-23)14-2-3-15-10-20-18(9-16(15)8-14)22-19(25)13-24-4-6-26-7-5-24/h2-3,8-12H,4-7,13H2,1H3,(H,20,22,25)/i9D. The first kappa shape index (κ1) is 15.5. The first-order valence-corrected chi connectivity index (χ1v) is 8.58. The van der Waals surface area contributed by atoms with Crippen LogP contribution in [0.3, 0.4) is 0 Å². The van der Waals surface area contributed by atoms with E-state index in [1.165, 1.54) is 0 Å². The van der Waals surface area contributed by atoms with E-state index < -0.39 is 0 Å². The van der Waals surface area contributed by atoms with Gasteiger partial charge in [-0.25, -0.2) is 4.98 Å². The van der Waals surface area contributed by atoms with Crippen LogP contribution in [-0.4, -0.2) is 58.4 Å². The van der Waals surface area contributed by atoms with Gasteiger partial charge in [0.25, 0.3) is 0 Å². The van der Waals surface area contributed by atoms with Crippen molar-refractivity contribution in [2.75, 3.05) is 38.2 Å². The van der Waals surface area contributed by atoms with E-state index in [-0.39, 0.29) is 24.3 Å². The van der Waals surface area contributed by atoms with Gasteiger partial charge in [-0.1, -0.05) is 12.1 Å². The molecule has 1 amide bonds. The lowest BCUT2D eigenvalue weighted by molar-refractivity contribution is -0.118. The fraction of sp³-hybridized carbons (Fsp3) is 0.316. The van der Waals surface area contributed by atoms with Crippen molar-refractivity contribution >= 4 is 22.5 Å². The van der Waals surface area contributed by atoms with Crippen LogP contribution in [0.25, 0.3) is 21.9 Å². The van der Waals surface area contributed by atoms with Crippen molar-refractivity contribution in [3.63, 3.8) is 0 Å². The van der Waals surface area contributed by atoms with Crippen LogP contribution < -0.4 is 5.32 Å². The maximum Gasteiger partial charge on any atom is 0.239 e. The highest BCUT2D eigenvalue weighted by Crippen LogP contribution is 2.25. The molecule has 1 aliphatic rings. The number of fused-ring (bicyclic) bond motifs is 1. The van der Waals surface area contributed by atoms with E-state index >= 15 is 0 Å². The molecule has 7 heteroatoms. The largest absolute Gasteiger partial charge is 0.379 e. The van der Waals surface area contributed by atoms with Gasteiger partial charge in [-0.3, -0.25) is 14.4 Å². The third-order valence-corrected chi connectivity index (χ3v) is 4.41. The Balaban J connectivity index is 1.57. The number of pyridine rings is 1. The molecule has 0 saturated carbocycles. The van der Waals surface area contributed by atoms with E-state index in [0.717, 1.165) is 35.0 Å². The van der Waals surface area contributed by atoms with Crippen LogP contribution in [0.4, 0.5) is 5.82 Å². The molecule has 0 bridgehead atoms. The number of hydrogen-bond donors (Lipinski definition) is 1. The van der Waals surface area contributed by atoms with Crippen molar-refractivity contribution in [1.82, 2.24) is 19.7 Å². The number of benzene rings is 1. The zero-order valence-corrected chi connectivity index (χ0v) is 14.6. The van der Waals surface area contributed by atoms with Gasteiger partial charge >= 0.3 is 0 Å². The van der Waals surface area contributed by atoms with Crippen LogP contribution in [0.5, 0.6) is 0 Å². The zero-order valence-electron chi connectivity index (χ0n) is 15.6. The molecule has 134 valence electrons. The molecule has 2 aromatic heterocycles. The first-order valence-electron chi connectivity index (χ1n) is 9.08. The number of carbonyl (C=O) groups excluding carboxylic acids is 1. The van der Waals surface area contributed by atoms with Gasteiger partial charge in [-0.05, 0) is 23.1 Å². The normalized spacial score (nSPS) is 15.8. The number of morpholine rings is 1. The number of aromatic nitrogens is 3. The topological polar surface area (TPSA) is 72.3 Å². The third kappa shape index (κ3) is 3.74. The highest BCUT2D eigenvalue weighted by Gasteiger charge is 2.14. The van der Waals surface area contributed by atoms with E-state index in [9.17, 15) is 4.79 Å². The molecule has 1 aromatic carbocycles. The molecule has 7 nitrogen and oxygen atoms in total. The van der Waals surface area contributed by atoms with E-state index in [0.29, 0.717) is 13.2 Å². The summed E-state index contributed by atoms with van der Waals surface area (Å²) in [4.78, 5) is 18.6. The van der Waals surface area contributed by atoms with Gasteiger partial charge in [-0.15, -0.1) is 0 Å². The average Bonchev–Trinajstić information content (AvgIpc) is 3.11. The number of anilines is 1. The SMILES string of the molecule is [2H]c1c(NC(=O)CN2CCOCC2)ncc2ccc(-c3cnn(C)c3)cc12. The number of nitrogens with one attached hydrogen (secondary N) is 1. The number of ether oxygens (including phenoxy) is 1. The fourth-order valence-electron chi connectivity index (χ4n) is 3.02. The molecule has 1 saturated heterocycles. The second-order valence-corrected chi connectivity index (χ2v) is 6.37. The molecule has 26 heavy (non-hydrogen) atoms. The van der Waals surface area contributed by atoms with Gasteiger partial charge in [0.05, 0.1) is 27.3 Å². The number of rotatable bonds is 4. The Morgan fingerprint density at radius 3 is 2.88 bits per heavy atom. The summed E-state index contributed by atoms with van der Waals surface area (Å²) >= 11 is 0. The number of hydrogen-bond acceptors (Lipinski definition) is 5. The highest BCUT2D eigenvalue weighted by molar-refractivity contribution is 5.94. The van der Waals surface area contributed by atoms with Crippen LogP contribution in [0, 0.1) is 0 Å². The van der Waals surface area contributed by atoms with E-state index in [4.69, 9.17) is 6.11 Å². The zero-order chi connectivity index (χ0) is 18.8. The minimum Gasteiger partial charge on any atom is -0.379 e. The maximum absolute atomic E-state index is 12.3. The number of amides is 1. The van der Waals surface area contributed by atoms with Gasteiger partial charge in [-0.2, -0.15) is 5.10 Å². The minimum absolute atomic E-state index is 0.166. The Morgan fingerprint density at radius 1 is 1.27 bits per heavy atom. The van der Waals surface area contributed by atoms with Gasteiger partial charge in [0.2, 0.25) is 5.91 Å². The van der Waals surface area contributed by atoms with Crippen molar-refractivity contribution in [2.45, 2.75) is 0 Å². The van der Waals surface area contributed by atoms with Crippen LogP contribution in [0.15, 0.2) is 42.8 Å². The number of carbonyl (C=O) groups is 1. The Labute approximate surface area is 153 Å². The molecule has 0 spiro atoms. The van der Waals surface area contributed by atoms with E-state index in [1.54, 1.807) is 17.1 Å². The summed E-state index contributed by atoms with van der Waals surface area (Å²) in [6.07, 6.45) is 5.40. The second kappa shape index (κ2) is 7.23. The summed E-state index contributed by atoms with van der Waals surface area (Å²) in [5.41, 5.74) is 1.95. The number of nitrogens with zero attached hydrogens (tertiary/aromatic N) is 4. The molecule has 0 radical (unpaired) electrons. The Kier molecular flexibility index (Phi) is 4.30. The van der Waals surface area contributed by atoms with Crippen LogP contribution in [0.1, 0.15) is 1.37 Å². The van der Waals surface area contributed by atoms with Crippen molar-refractivity contribution in [3.8, 4) is 11.1 Å². The van der Waals surface area contributed by atoms with Crippen molar-refractivity contribution in [2.24, 2.45) is 7.05 Å². The maximum atomic E-state index is 12.3. The van der Waals surface area contributed by atoms with Gasteiger partial charge in [0, 0.05) is 43.5 Å². The summed E-state index contributed by atoms with van der Waals surface area (Å²) in [5, 5.41) is 8.57. The van der Waals surface area contributed by atoms with Crippen molar-refractivity contribution < 1.29 is 10.9 Å². The van der Waals surface area contributed by atoms with Crippen molar-refractivity contribution in [3.05, 3.63) is 42.8 Å². The molecule has 0 atom stereocenters. The smallest absolute Gasteiger partial charge is 0.239 e. The minimum atomic E-state index is -0.166. The van der Waals surface area contributed by atoms with Crippen molar-refractivity contribution in [1.29, 1.82) is 0 Å². The fourth-order valence-corrected chi connectivity index (χ4v) is 3.02. The highest BCUT2D eigenvalue weighted by atomic mass is 16.5. The Hall–Kier alpha value is -2.77. The summed E-state index contributed by atoms with van der Waals surface area (Å²) in [7, 11) is 1.87. The molecular formula is C19H21N5O2. The summed E-state index contributed by atoms with van der Waals surface area (Å²) < 4.78 is 15.5. The molecule has 3 aromatic rings. The molecule has 1 aliphatic heterocycles. The summed E-state index contributed by atoms with van der Waals surface area (Å²) in [5.74, 6) is 0.116. The first-order chi connectivity index (χ1) is 13.1. The molecular weight excluding hydrogens is 330 g/mol. The van der Waals surface area contributed by atoms with Gasteiger partial charge in [0.15, 0.2) is 0 Å². The molecule has 1 fully saturated rings. The Morgan fingerprint density at radius 2 is 2.12 bits per heavy atom. The van der Waals surface area contributed by atoms with Gasteiger partial charge in [0.1, 0.15) is 5.82 Å². The monoisotopic (exact) mass is 352 g/mol. The summed E-state index contributed by atoms with van der Waals surface area (Å²) in [6.45, 7) is 3.03. The van der Waals surface area contributed by atoms with Crippen LogP contribution in [-0.2, 0) is 16.6 Å². The molecule has 1 N–H and O–H groups in total. The third-order valence-electron chi connectivity index (χ3n) is 4.41. The lowest BCUT2D eigenvalue weighted by Crippen LogP contribution is -2.41. The number of aryl methyl sites for hydroxylation is 1. The van der Waals surface area contributed by atoms with E-state index in [2.05, 4.69) is 15.4 Å². The predicted molar refractivity (Wildman–Crippen MR) is 99.8 cm³/mol. The van der Waals surface area contributed by atoms with Crippen LogP contribution in [0.2, 0.25) is 0 Å². The molecule has 3 heterocycles. The second-order valence-electron chi connectivity index (χ2n) is 6.37. The summed E-state index contributed by atoms with van der Waals surface area (Å²) in [6, 6.07) is 6.07. The quantitative estimate of drug-likeness (QED) is 0.776. The van der Waals surface area contributed by atoms with Crippen LogP contribution >= 0.6 is 0 Å². The predicted octanol–water partition coefficient (Wildman–Crippen LogP) is 1.91. The van der Waals surface area contributed by atoms with Gasteiger partial charge < -0.3 is 10.1 Å². The molecule has 4 rings (SSSR count). The molecule has 0 aliphatic carbocycles. The van der Waals surface area contributed by atoms with E-state index in [1.807, 2.05) is 36.3 Å². The average molecular weight is 352 g/mol. The lowest BCUT2D eigenvalue weighted by Gasteiger charge is -2.25. The molecule has 0 unspecified atom stereocenters. The Bertz CT molecular complexity index is 981. The lowest BCUT2D eigenvalue weighted by atomic mass is 10.1.